The fourth-order valence-corrected chi connectivity index (χ4v) is 1.89. The zero-order valence-corrected chi connectivity index (χ0v) is 11.7. The van der Waals surface area contributed by atoms with Crippen LogP contribution >= 0.6 is 0 Å². The third-order valence-electron chi connectivity index (χ3n) is 3.02. The molecule has 2 aromatic rings. The highest BCUT2D eigenvalue weighted by Gasteiger charge is 2.09. The number of rotatable bonds is 7. The van der Waals surface area contributed by atoms with Crippen LogP contribution in [0.4, 0.5) is 0 Å². The Labute approximate surface area is 124 Å². The smallest absolute Gasteiger partial charge is 0.246 e. The van der Waals surface area contributed by atoms with E-state index in [1.807, 2.05) is 60.7 Å². The fourth-order valence-electron chi connectivity index (χ4n) is 1.89. The van der Waals surface area contributed by atoms with E-state index in [9.17, 15) is 9.90 Å². The molecule has 0 aliphatic rings. The van der Waals surface area contributed by atoms with E-state index in [1.54, 1.807) is 0 Å². The molecule has 0 aliphatic heterocycles. The maximum atomic E-state index is 11.6. The summed E-state index contributed by atoms with van der Waals surface area (Å²) in [7, 11) is 0. The van der Waals surface area contributed by atoms with E-state index in [-0.39, 0.29) is 19.1 Å². The minimum absolute atomic E-state index is 0.0175. The second-order valence-corrected chi connectivity index (χ2v) is 4.71. The molecule has 2 rings (SSSR count). The van der Waals surface area contributed by atoms with Gasteiger partial charge in [-0.15, -0.1) is 0 Å². The summed E-state index contributed by atoms with van der Waals surface area (Å²) >= 11 is 0. The lowest BCUT2D eigenvalue weighted by molar-refractivity contribution is -0.126. The van der Waals surface area contributed by atoms with Crippen molar-refractivity contribution in [2.45, 2.75) is 12.7 Å². The largest absolute Gasteiger partial charge is 0.387 e. The molecule has 1 atom stereocenters. The van der Waals surface area contributed by atoms with Crippen LogP contribution in [0.5, 0.6) is 0 Å². The van der Waals surface area contributed by atoms with Gasteiger partial charge in [0.1, 0.15) is 6.61 Å². The summed E-state index contributed by atoms with van der Waals surface area (Å²) in [6.45, 7) is 0.559. The zero-order valence-electron chi connectivity index (χ0n) is 11.7. The van der Waals surface area contributed by atoms with Crippen molar-refractivity contribution in [3.05, 3.63) is 71.8 Å². The van der Waals surface area contributed by atoms with Crippen molar-refractivity contribution in [2.24, 2.45) is 0 Å². The highest BCUT2D eigenvalue weighted by molar-refractivity contribution is 5.77. The van der Waals surface area contributed by atoms with Crippen molar-refractivity contribution in [2.75, 3.05) is 13.2 Å². The van der Waals surface area contributed by atoms with Crippen LogP contribution in [0.2, 0.25) is 0 Å². The average Bonchev–Trinajstić information content (AvgIpc) is 2.54. The molecule has 0 aliphatic carbocycles. The first-order valence-corrected chi connectivity index (χ1v) is 6.87. The third kappa shape index (κ3) is 5.38. The molecule has 2 N–H and O–H groups in total. The Bertz CT molecular complexity index is 542. The average molecular weight is 285 g/mol. The first kappa shape index (κ1) is 15.2. The summed E-state index contributed by atoms with van der Waals surface area (Å²) < 4.78 is 5.33. The van der Waals surface area contributed by atoms with E-state index in [2.05, 4.69) is 5.32 Å². The SMILES string of the molecule is O=C(COCc1ccccc1)NCC(O)c1ccccc1. The molecule has 0 saturated carbocycles. The van der Waals surface area contributed by atoms with Gasteiger partial charge in [-0.2, -0.15) is 0 Å². The van der Waals surface area contributed by atoms with Crippen LogP contribution in [-0.2, 0) is 16.1 Å². The van der Waals surface area contributed by atoms with Gasteiger partial charge in [0.2, 0.25) is 5.91 Å². The van der Waals surface area contributed by atoms with Crippen LogP contribution in [0.25, 0.3) is 0 Å². The summed E-state index contributed by atoms with van der Waals surface area (Å²) in [6, 6.07) is 18.9. The number of hydrogen-bond donors (Lipinski definition) is 2. The first-order valence-electron chi connectivity index (χ1n) is 6.87. The second-order valence-electron chi connectivity index (χ2n) is 4.71. The van der Waals surface area contributed by atoms with Gasteiger partial charge < -0.3 is 15.2 Å². The minimum Gasteiger partial charge on any atom is -0.387 e. The molecule has 110 valence electrons. The molecule has 1 unspecified atom stereocenters. The first-order chi connectivity index (χ1) is 10.3. The Morgan fingerprint density at radius 3 is 2.33 bits per heavy atom. The number of carbonyl (C=O) groups is 1. The summed E-state index contributed by atoms with van der Waals surface area (Å²) in [6.07, 6.45) is -0.704. The fraction of sp³-hybridized carbons (Fsp3) is 0.235. The van der Waals surface area contributed by atoms with E-state index in [1.165, 1.54) is 0 Å². The van der Waals surface area contributed by atoms with Gasteiger partial charge in [0.15, 0.2) is 0 Å². The van der Waals surface area contributed by atoms with Crippen LogP contribution in [0.15, 0.2) is 60.7 Å². The van der Waals surface area contributed by atoms with Crippen LogP contribution in [-0.4, -0.2) is 24.2 Å². The molecule has 21 heavy (non-hydrogen) atoms. The highest BCUT2D eigenvalue weighted by atomic mass is 16.5. The molecule has 4 heteroatoms. The lowest BCUT2D eigenvalue weighted by Gasteiger charge is -2.12. The van der Waals surface area contributed by atoms with E-state index >= 15 is 0 Å². The van der Waals surface area contributed by atoms with Crippen LogP contribution in [0.3, 0.4) is 0 Å². The Balaban J connectivity index is 1.66. The standard InChI is InChI=1S/C17H19NO3/c19-16(15-9-5-2-6-10-15)11-18-17(20)13-21-12-14-7-3-1-4-8-14/h1-10,16,19H,11-13H2,(H,18,20). The Hall–Kier alpha value is -2.17. The van der Waals surface area contributed by atoms with Gasteiger partial charge >= 0.3 is 0 Å². The summed E-state index contributed by atoms with van der Waals surface area (Å²) in [5.41, 5.74) is 1.80. The predicted octanol–water partition coefficient (Wildman–Crippen LogP) is 2.05. The monoisotopic (exact) mass is 285 g/mol. The Morgan fingerprint density at radius 1 is 1.05 bits per heavy atom. The number of hydrogen-bond acceptors (Lipinski definition) is 3. The summed E-state index contributed by atoms with van der Waals surface area (Å²) in [5, 5.41) is 12.6. The maximum Gasteiger partial charge on any atom is 0.246 e. The molecule has 0 aromatic heterocycles. The van der Waals surface area contributed by atoms with Crippen LogP contribution in [0, 0.1) is 0 Å². The van der Waals surface area contributed by atoms with E-state index < -0.39 is 6.10 Å². The van der Waals surface area contributed by atoms with Gasteiger partial charge in [-0.25, -0.2) is 0 Å². The number of nitrogens with one attached hydrogen (secondary N) is 1. The Kier molecular flexibility index (Phi) is 5.94. The molecule has 0 saturated heterocycles. The number of aliphatic hydroxyl groups excluding tert-OH is 1. The molecular formula is C17H19NO3. The number of amides is 1. The number of aliphatic hydroxyl groups is 1. The van der Waals surface area contributed by atoms with Gasteiger partial charge in [-0.05, 0) is 11.1 Å². The van der Waals surface area contributed by atoms with Crippen LogP contribution < -0.4 is 5.32 Å². The van der Waals surface area contributed by atoms with E-state index in [0.717, 1.165) is 11.1 Å². The van der Waals surface area contributed by atoms with Gasteiger partial charge in [0, 0.05) is 6.54 Å². The molecule has 0 fully saturated rings. The second kappa shape index (κ2) is 8.19. The van der Waals surface area contributed by atoms with E-state index in [4.69, 9.17) is 4.74 Å². The molecule has 0 bridgehead atoms. The van der Waals surface area contributed by atoms with Gasteiger partial charge in [0.25, 0.3) is 0 Å². The van der Waals surface area contributed by atoms with Crippen molar-refractivity contribution in [1.82, 2.24) is 5.32 Å². The molecule has 0 heterocycles. The normalized spacial score (nSPS) is 11.9. The van der Waals surface area contributed by atoms with E-state index in [0.29, 0.717) is 6.61 Å². The van der Waals surface area contributed by atoms with Crippen LogP contribution in [0.1, 0.15) is 17.2 Å². The molecule has 0 spiro atoms. The van der Waals surface area contributed by atoms with Crippen molar-refractivity contribution in [3.8, 4) is 0 Å². The van der Waals surface area contributed by atoms with Gasteiger partial charge in [0.05, 0.1) is 12.7 Å². The quantitative estimate of drug-likeness (QED) is 0.818. The minimum atomic E-state index is -0.704. The third-order valence-corrected chi connectivity index (χ3v) is 3.02. The lowest BCUT2D eigenvalue weighted by atomic mass is 10.1. The predicted molar refractivity (Wildman–Crippen MR) is 80.5 cm³/mol. The number of carbonyl (C=O) groups excluding carboxylic acids is 1. The number of benzene rings is 2. The highest BCUT2D eigenvalue weighted by Crippen LogP contribution is 2.10. The van der Waals surface area contributed by atoms with Gasteiger partial charge in [-0.3, -0.25) is 4.79 Å². The number of ether oxygens (including phenoxy) is 1. The van der Waals surface area contributed by atoms with Crippen molar-refractivity contribution < 1.29 is 14.6 Å². The Morgan fingerprint density at radius 2 is 1.67 bits per heavy atom. The topological polar surface area (TPSA) is 58.6 Å². The van der Waals surface area contributed by atoms with Gasteiger partial charge in [-0.1, -0.05) is 60.7 Å². The lowest BCUT2D eigenvalue weighted by Crippen LogP contribution is -2.31. The van der Waals surface area contributed by atoms with Crippen molar-refractivity contribution in [3.63, 3.8) is 0 Å². The zero-order chi connectivity index (χ0) is 14.9. The molecular weight excluding hydrogens is 266 g/mol. The van der Waals surface area contributed by atoms with Crippen molar-refractivity contribution >= 4 is 5.91 Å². The summed E-state index contributed by atoms with van der Waals surface area (Å²) in [5.74, 6) is -0.235. The maximum absolute atomic E-state index is 11.6. The van der Waals surface area contributed by atoms with Crippen molar-refractivity contribution in [1.29, 1.82) is 0 Å². The molecule has 4 nitrogen and oxygen atoms in total. The molecule has 1 amide bonds. The summed E-state index contributed by atoms with van der Waals surface area (Å²) in [4.78, 5) is 11.6. The molecule has 0 radical (unpaired) electrons. The molecule has 2 aromatic carbocycles.